The smallest absolute Gasteiger partial charge is 0.274 e. The fraction of sp³-hybridized carbons (Fsp3) is 0. The van der Waals surface area contributed by atoms with Gasteiger partial charge >= 0.3 is 0 Å². The van der Waals surface area contributed by atoms with Gasteiger partial charge in [-0.05, 0) is 18.2 Å². The lowest BCUT2D eigenvalue weighted by molar-refractivity contribution is 0.804. The summed E-state index contributed by atoms with van der Waals surface area (Å²) in [5.41, 5.74) is 2.90. The molecule has 0 unspecified atom stereocenters. The second kappa shape index (κ2) is 4.89. The lowest BCUT2D eigenvalue weighted by Crippen LogP contribution is -2.14. The van der Waals surface area contributed by atoms with Gasteiger partial charge in [0.05, 0.1) is 16.7 Å². The molecule has 0 radical (unpaired) electrons. The number of nitrogens with one attached hydrogen (secondary N) is 2. The number of H-pyrrole nitrogens is 2. The fourth-order valence-corrected chi connectivity index (χ4v) is 2.65. The maximum absolute atomic E-state index is 12.2. The maximum Gasteiger partial charge on any atom is 0.274 e. The Morgan fingerprint density at radius 2 is 1.82 bits per heavy atom. The van der Waals surface area contributed by atoms with Crippen LogP contribution >= 0.6 is 11.6 Å². The molecule has 2 aromatic heterocycles. The minimum absolute atomic E-state index is 0.200. The summed E-state index contributed by atoms with van der Waals surface area (Å²) in [5, 5.41) is 3.63. The van der Waals surface area contributed by atoms with Gasteiger partial charge in [-0.3, -0.25) is 9.89 Å². The average Bonchev–Trinajstić information content (AvgIpc) is 3.10. The first kappa shape index (κ1) is 12.9. The van der Waals surface area contributed by atoms with Crippen LogP contribution in [0.15, 0.2) is 59.4 Å². The van der Waals surface area contributed by atoms with Gasteiger partial charge in [-0.25, -0.2) is 4.98 Å². The molecule has 0 aliphatic rings. The molecule has 2 aromatic carbocycles. The zero-order valence-corrected chi connectivity index (χ0v) is 12.1. The number of rotatable bonds is 2. The number of hydrogen-bond acceptors (Lipinski definition) is 2. The van der Waals surface area contributed by atoms with E-state index in [2.05, 4.69) is 15.1 Å². The normalized spacial score (nSPS) is 11.1. The van der Waals surface area contributed by atoms with Crippen molar-refractivity contribution < 1.29 is 0 Å². The van der Waals surface area contributed by atoms with Gasteiger partial charge in [0, 0.05) is 16.7 Å². The molecule has 5 nitrogen and oxygen atoms in total. The van der Waals surface area contributed by atoms with Gasteiger partial charge in [-0.1, -0.05) is 41.9 Å². The van der Waals surface area contributed by atoms with Gasteiger partial charge in [0.15, 0.2) is 0 Å². The van der Waals surface area contributed by atoms with Crippen molar-refractivity contribution >= 4 is 22.6 Å². The molecule has 0 amide bonds. The fourth-order valence-electron chi connectivity index (χ4n) is 2.42. The van der Waals surface area contributed by atoms with Crippen LogP contribution < -0.4 is 5.56 Å². The molecule has 108 valence electrons. The van der Waals surface area contributed by atoms with Crippen LogP contribution in [0.5, 0.6) is 0 Å². The van der Waals surface area contributed by atoms with E-state index in [9.17, 15) is 4.79 Å². The molecule has 4 rings (SSSR count). The molecule has 22 heavy (non-hydrogen) atoms. The van der Waals surface area contributed by atoms with Crippen molar-refractivity contribution in [2.45, 2.75) is 0 Å². The molecular weight excluding hydrogens is 300 g/mol. The van der Waals surface area contributed by atoms with E-state index in [1.54, 1.807) is 6.07 Å². The molecule has 0 atom stereocenters. The van der Waals surface area contributed by atoms with Crippen LogP contribution in [0.3, 0.4) is 0 Å². The first-order valence-electron chi connectivity index (χ1n) is 6.74. The van der Waals surface area contributed by atoms with Crippen molar-refractivity contribution in [3.8, 4) is 17.2 Å². The van der Waals surface area contributed by atoms with E-state index in [1.807, 2.05) is 42.5 Å². The number of nitrogens with zero attached hydrogens (tertiary/aromatic N) is 2. The van der Waals surface area contributed by atoms with Crippen LogP contribution in [-0.2, 0) is 0 Å². The Morgan fingerprint density at radius 1 is 1.05 bits per heavy atom. The van der Waals surface area contributed by atoms with Crippen LogP contribution in [0.25, 0.3) is 28.2 Å². The van der Waals surface area contributed by atoms with Crippen LogP contribution in [0.2, 0.25) is 5.02 Å². The van der Waals surface area contributed by atoms with Crippen molar-refractivity contribution in [3.63, 3.8) is 0 Å². The number of imidazole rings is 1. The quantitative estimate of drug-likeness (QED) is 0.596. The summed E-state index contributed by atoms with van der Waals surface area (Å²) >= 11 is 6.18. The lowest BCUT2D eigenvalue weighted by Gasteiger charge is -2.00. The van der Waals surface area contributed by atoms with Crippen molar-refractivity contribution in [3.05, 3.63) is 70.0 Å². The minimum atomic E-state index is -0.200. The van der Waals surface area contributed by atoms with E-state index < -0.39 is 0 Å². The number of aromatic amines is 2. The van der Waals surface area contributed by atoms with E-state index >= 15 is 0 Å². The summed E-state index contributed by atoms with van der Waals surface area (Å²) in [4.78, 5) is 19.8. The van der Waals surface area contributed by atoms with E-state index in [0.29, 0.717) is 16.7 Å². The number of fused-ring (bicyclic) bond motifs is 1. The molecule has 0 aliphatic carbocycles. The van der Waals surface area contributed by atoms with Crippen molar-refractivity contribution in [1.29, 1.82) is 0 Å². The van der Waals surface area contributed by atoms with Gasteiger partial charge in [0.25, 0.3) is 5.56 Å². The topological polar surface area (TPSA) is 66.5 Å². The molecular formula is C16H11ClN4O. The molecule has 0 spiro atoms. The predicted octanol–water partition coefficient (Wildman–Crippen LogP) is 3.36. The third-order valence-corrected chi connectivity index (χ3v) is 3.80. The van der Waals surface area contributed by atoms with E-state index in [1.165, 1.54) is 10.7 Å². The first-order chi connectivity index (χ1) is 10.7. The number of aromatic nitrogens is 4. The van der Waals surface area contributed by atoms with Gasteiger partial charge in [-0.2, -0.15) is 4.68 Å². The molecule has 6 heteroatoms. The largest absolute Gasteiger partial charge is 0.322 e. The third kappa shape index (κ3) is 2.03. The van der Waals surface area contributed by atoms with Crippen LogP contribution in [-0.4, -0.2) is 19.7 Å². The SMILES string of the molecule is O=c1cc(-c2ccccc2Cl)[nH]n1-c1nc2ccccc2[nH]1. The highest BCUT2D eigenvalue weighted by molar-refractivity contribution is 6.33. The number of halogens is 1. The molecule has 0 saturated heterocycles. The second-order valence-electron chi connectivity index (χ2n) is 4.90. The van der Waals surface area contributed by atoms with Gasteiger partial charge in [-0.15, -0.1) is 0 Å². The van der Waals surface area contributed by atoms with Gasteiger partial charge in [0.1, 0.15) is 0 Å². The molecule has 0 fully saturated rings. The Labute approximate surface area is 130 Å². The molecule has 0 aliphatic heterocycles. The average molecular weight is 311 g/mol. The van der Waals surface area contributed by atoms with Gasteiger partial charge in [0.2, 0.25) is 5.95 Å². The highest BCUT2D eigenvalue weighted by Crippen LogP contribution is 2.25. The summed E-state index contributed by atoms with van der Waals surface area (Å²) in [6, 6.07) is 16.5. The van der Waals surface area contributed by atoms with Crippen LogP contribution in [0, 0.1) is 0 Å². The summed E-state index contributed by atoms with van der Waals surface area (Å²) < 4.78 is 1.37. The first-order valence-corrected chi connectivity index (χ1v) is 7.12. The monoisotopic (exact) mass is 310 g/mol. The summed E-state index contributed by atoms with van der Waals surface area (Å²) in [7, 11) is 0. The standard InChI is InChI=1S/C16H11ClN4O/c17-11-6-2-1-5-10(11)14-9-15(22)21(20-14)16-18-12-7-3-4-8-13(12)19-16/h1-9,20H,(H,18,19). The number of hydrogen-bond donors (Lipinski definition) is 2. The molecule has 0 bridgehead atoms. The third-order valence-electron chi connectivity index (χ3n) is 3.47. The maximum atomic E-state index is 12.2. The number of benzene rings is 2. The van der Waals surface area contributed by atoms with Gasteiger partial charge < -0.3 is 4.98 Å². The number of para-hydroxylation sites is 2. The predicted molar refractivity (Wildman–Crippen MR) is 86.5 cm³/mol. The Hall–Kier alpha value is -2.79. The van der Waals surface area contributed by atoms with E-state index in [4.69, 9.17) is 11.6 Å². The van der Waals surface area contributed by atoms with Crippen LogP contribution in [0.1, 0.15) is 0 Å². The summed E-state index contributed by atoms with van der Waals surface area (Å²) in [5.74, 6) is 0.449. The molecule has 4 aromatic rings. The highest BCUT2D eigenvalue weighted by atomic mass is 35.5. The Kier molecular flexibility index (Phi) is 2.87. The van der Waals surface area contributed by atoms with E-state index in [-0.39, 0.29) is 5.56 Å². The Balaban J connectivity index is 1.87. The Bertz CT molecular complexity index is 995. The van der Waals surface area contributed by atoms with E-state index in [0.717, 1.165) is 16.6 Å². The highest BCUT2D eigenvalue weighted by Gasteiger charge is 2.12. The zero-order chi connectivity index (χ0) is 15.1. The van der Waals surface area contributed by atoms with Crippen LogP contribution in [0.4, 0.5) is 0 Å². The Morgan fingerprint density at radius 3 is 2.64 bits per heavy atom. The zero-order valence-electron chi connectivity index (χ0n) is 11.4. The summed E-state index contributed by atoms with van der Waals surface area (Å²) in [6.45, 7) is 0. The van der Waals surface area contributed by atoms with Crippen molar-refractivity contribution in [2.24, 2.45) is 0 Å². The molecule has 0 saturated carbocycles. The molecule has 2 N–H and O–H groups in total. The minimum Gasteiger partial charge on any atom is -0.322 e. The van der Waals surface area contributed by atoms with Crippen molar-refractivity contribution in [1.82, 2.24) is 19.7 Å². The molecule has 2 heterocycles. The lowest BCUT2D eigenvalue weighted by atomic mass is 10.1. The second-order valence-corrected chi connectivity index (χ2v) is 5.31. The van der Waals surface area contributed by atoms with Crippen molar-refractivity contribution in [2.75, 3.05) is 0 Å². The summed E-state index contributed by atoms with van der Waals surface area (Å²) in [6.07, 6.45) is 0.